The molecule has 0 spiro atoms. The first-order chi connectivity index (χ1) is 7.84. The van der Waals surface area contributed by atoms with Gasteiger partial charge in [0.05, 0.1) is 0 Å². The van der Waals surface area contributed by atoms with Gasteiger partial charge in [-0.1, -0.05) is 0 Å². The lowest BCUT2D eigenvalue weighted by molar-refractivity contribution is -0.121. The molecule has 1 saturated carbocycles. The number of rotatable bonds is 6. The number of halogens is 1. The second-order valence-electron chi connectivity index (χ2n) is 4.94. The highest BCUT2D eigenvalue weighted by Crippen LogP contribution is 2.31. The Hall–Kier alpha value is -0.320. The normalized spacial score (nSPS) is 20.7. The molecule has 1 amide bonds. The second-order valence-corrected chi connectivity index (χ2v) is 4.94. The third kappa shape index (κ3) is 6.24. The van der Waals surface area contributed by atoms with Crippen molar-refractivity contribution in [1.29, 1.82) is 0 Å². The second kappa shape index (κ2) is 7.90. The van der Waals surface area contributed by atoms with Crippen LogP contribution >= 0.6 is 12.4 Å². The number of hydrogen-bond acceptors (Lipinski definition) is 3. The summed E-state index contributed by atoms with van der Waals surface area (Å²) in [6, 6.07) is 0. The van der Waals surface area contributed by atoms with Crippen molar-refractivity contribution < 1.29 is 4.79 Å². The molecule has 0 unspecified atom stereocenters. The molecule has 0 aromatic rings. The summed E-state index contributed by atoms with van der Waals surface area (Å²) < 4.78 is 0. The molecule has 0 aromatic heterocycles. The van der Waals surface area contributed by atoms with Gasteiger partial charge in [-0.25, -0.2) is 0 Å². The van der Waals surface area contributed by atoms with Gasteiger partial charge in [0, 0.05) is 39.1 Å². The quantitative estimate of drug-likeness (QED) is 0.689. The van der Waals surface area contributed by atoms with Crippen molar-refractivity contribution in [1.82, 2.24) is 15.5 Å². The zero-order valence-electron chi connectivity index (χ0n) is 10.4. The molecule has 2 fully saturated rings. The molecule has 0 aromatic carbocycles. The molecule has 1 heterocycles. The van der Waals surface area contributed by atoms with Crippen molar-refractivity contribution in [2.45, 2.75) is 25.7 Å². The van der Waals surface area contributed by atoms with Crippen LogP contribution in [-0.2, 0) is 4.79 Å². The van der Waals surface area contributed by atoms with Crippen LogP contribution in [0, 0.1) is 5.92 Å². The van der Waals surface area contributed by atoms with Crippen LogP contribution in [-0.4, -0.2) is 50.1 Å². The Balaban J connectivity index is 0.00000144. The SMILES string of the molecule is Cl.O=C(CC1CC1)NCCCN1CCNCC1. The van der Waals surface area contributed by atoms with E-state index in [0.29, 0.717) is 5.92 Å². The first-order valence-corrected chi connectivity index (χ1v) is 6.54. The van der Waals surface area contributed by atoms with E-state index < -0.39 is 0 Å². The monoisotopic (exact) mass is 261 g/mol. The van der Waals surface area contributed by atoms with Crippen LogP contribution in [0.3, 0.4) is 0 Å². The Morgan fingerprint density at radius 1 is 1.29 bits per heavy atom. The van der Waals surface area contributed by atoms with Crippen LogP contribution in [0.4, 0.5) is 0 Å². The molecule has 1 aliphatic carbocycles. The lowest BCUT2D eigenvalue weighted by atomic mass is 10.2. The first kappa shape index (κ1) is 14.7. The maximum Gasteiger partial charge on any atom is 0.220 e. The minimum atomic E-state index is 0. The van der Waals surface area contributed by atoms with Crippen molar-refractivity contribution >= 4 is 18.3 Å². The third-order valence-corrected chi connectivity index (χ3v) is 3.35. The van der Waals surface area contributed by atoms with Crippen LogP contribution in [0.25, 0.3) is 0 Å². The molecule has 2 N–H and O–H groups in total. The topological polar surface area (TPSA) is 44.4 Å². The molecule has 1 saturated heterocycles. The number of carbonyl (C=O) groups is 1. The maximum atomic E-state index is 11.4. The molecule has 17 heavy (non-hydrogen) atoms. The van der Waals surface area contributed by atoms with E-state index in [1.807, 2.05) is 0 Å². The van der Waals surface area contributed by atoms with E-state index >= 15 is 0 Å². The smallest absolute Gasteiger partial charge is 0.220 e. The summed E-state index contributed by atoms with van der Waals surface area (Å²) in [5.74, 6) is 0.955. The minimum absolute atomic E-state index is 0. The summed E-state index contributed by atoms with van der Waals surface area (Å²) in [6.07, 6.45) is 4.35. The fraction of sp³-hybridized carbons (Fsp3) is 0.917. The van der Waals surface area contributed by atoms with Crippen LogP contribution in [0.2, 0.25) is 0 Å². The fourth-order valence-corrected chi connectivity index (χ4v) is 2.12. The summed E-state index contributed by atoms with van der Waals surface area (Å²) in [4.78, 5) is 13.9. The van der Waals surface area contributed by atoms with Crippen LogP contribution in [0.5, 0.6) is 0 Å². The highest BCUT2D eigenvalue weighted by Gasteiger charge is 2.23. The van der Waals surface area contributed by atoms with E-state index in [-0.39, 0.29) is 18.3 Å². The highest BCUT2D eigenvalue weighted by atomic mass is 35.5. The standard InChI is InChI=1S/C12H23N3O.ClH/c16-12(10-11-2-3-11)14-4-1-7-15-8-5-13-6-9-15;/h11,13H,1-10H2,(H,14,16);1H. The minimum Gasteiger partial charge on any atom is -0.356 e. The molecule has 0 radical (unpaired) electrons. The molecular formula is C12H24ClN3O. The van der Waals surface area contributed by atoms with E-state index in [0.717, 1.165) is 52.1 Å². The Morgan fingerprint density at radius 2 is 2.00 bits per heavy atom. The van der Waals surface area contributed by atoms with Crippen LogP contribution < -0.4 is 10.6 Å². The first-order valence-electron chi connectivity index (χ1n) is 6.54. The lowest BCUT2D eigenvalue weighted by Gasteiger charge is -2.27. The van der Waals surface area contributed by atoms with Gasteiger partial charge >= 0.3 is 0 Å². The summed E-state index contributed by atoms with van der Waals surface area (Å²) in [5, 5.41) is 6.35. The molecular weight excluding hydrogens is 238 g/mol. The Bertz CT molecular complexity index is 228. The van der Waals surface area contributed by atoms with Gasteiger partial charge in [-0.2, -0.15) is 0 Å². The molecule has 5 heteroatoms. The Labute approximate surface area is 110 Å². The van der Waals surface area contributed by atoms with E-state index in [4.69, 9.17) is 0 Å². The van der Waals surface area contributed by atoms with Gasteiger partial charge in [0.2, 0.25) is 5.91 Å². The maximum absolute atomic E-state index is 11.4. The van der Waals surface area contributed by atoms with Gasteiger partial charge in [0.25, 0.3) is 0 Å². The molecule has 4 nitrogen and oxygen atoms in total. The fourth-order valence-electron chi connectivity index (χ4n) is 2.12. The summed E-state index contributed by atoms with van der Waals surface area (Å²) in [5.41, 5.74) is 0. The summed E-state index contributed by atoms with van der Waals surface area (Å²) in [7, 11) is 0. The zero-order valence-corrected chi connectivity index (χ0v) is 11.2. The largest absolute Gasteiger partial charge is 0.356 e. The molecule has 2 aliphatic rings. The summed E-state index contributed by atoms with van der Waals surface area (Å²) in [6.45, 7) is 6.47. The average molecular weight is 262 g/mol. The van der Waals surface area contributed by atoms with E-state index in [9.17, 15) is 4.79 Å². The van der Waals surface area contributed by atoms with Gasteiger partial charge < -0.3 is 15.5 Å². The summed E-state index contributed by atoms with van der Waals surface area (Å²) >= 11 is 0. The van der Waals surface area contributed by atoms with E-state index in [1.54, 1.807) is 0 Å². The van der Waals surface area contributed by atoms with Gasteiger partial charge in [0.1, 0.15) is 0 Å². The predicted octanol–water partition coefficient (Wildman–Crippen LogP) is 0.620. The van der Waals surface area contributed by atoms with E-state index in [1.165, 1.54) is 12.8 Å². The lowest BCUT2D eigenvalue weighted by Crippen LogP contribution is -2.44. The Kier molecular flexibility index (Phi) is 6.85. The van der Waals surface area contributed by atoms with Gasteiger partial charge in [-0.3, -0.25) is 4.79 Å². The molecule has 0 atom stereocenters. The predicted molar refractivity (Wildman–Crippen MR) is 71.5 cm³/mol. The van der Waals surface area contributed by atoms with Crippen LogP contribution in [0.1, 0.15) is 25.7 Å². The Morgan fingerprint density at radius 3 is 2.65 bits per heavy atom. The number of hydrogen-bond donors (Lipinski definition) is 2. The molecule has 0 bridgehead atoms. The number of amides is 1. The third-order valence-electron chi connectivity index (χ3n) is 3.35. The number of piperazine rings is 1. The van der Waals surface area contributed by atoms with Crippen molar-refractivity contribution in [2.75, 3.05) is 39.3 Å². The van der Waals surface area contributed by atoms with Gasteiger partial charge in [-0.05, 0) is 31.7 Å². The molecule has 1 aliphatic heterocycles. The number of nitrogens with one attached hydrogen (secondary N) is 2. The molecule has 100 valence electrons. The van der Waals surface area contributed by atoms with Crippen molar-refractivity contribution in [2.24, 2.45) is 5.92 Å². The number of carbonyl (C=O) groups excluding carboxylic acids is 1. The van der Waals surface area contributed by atoms with Gasteiger partial charge in [0.15, 0.2) is 0 Å². The molecule has 2 rings (SSSR count). The van der Waals surface area contributed by atoms with Crippen molar-refractivity contribution in [3.05, 3.63) is 0 Å². The van der Waals surface area contributed by atoms with Gasteiger partial charge in [-0.15, -0.1) is 12.4 Å². The van der Waals surface area contributed by atoms with Crippen molar-refractivity contribution in [3.8, 4) is 0 Å². The van der Waals surface area contributed by atoms with E-state index in [2.05, 4.69) is 15.5 Å². The average Bonchev–Trinajstić information content (AvgIpc) is 3.10. The highest BCUT2D eigenvalue weighted by molar-refractivity contribution is 5.85. The van der Waals surface area contributed by atoms with Crippen LogP contribution in [0.15, 0.2) is 0 Å². The number of nitrogens with zero attached hydrogens (tertiary/aromatic N) is 1. The van der Waals surface area contributed by atoms with Crippen molar-refractivity contribution in [3.63, 3.8) is 0 Å². The zero-order chi connectivity index (χ0) is 11.2.